The van der Waals surface area contributed by atoms with Crippen LogP contribution in [0, 0.1) is 0 Å². The van der Waals surface area contributed by atoms with Crippen molar-refractivity contribution < 1.29 is 19.1 Å². The van der Waals surface area contributed by atoms with Gasteiger partial charge in [-0.25, -0.2) is 10.2 Å². The van der Waals surface area contributed by atoms with Gasteiger partial charge < -0.3 is 24.7 Å². The van der Waals surface area contributed by atoms with Crippen LogP contribution in [0.2, 0.25) is 0 Å². The van der Waals surface area contributed by atoms with Gasteiger partial charge in [0, 0.05) is 40.5 Å². The topological polar surface area (TPSA) is 106 Å². The maximum Gasteiger partial charge on any atom is 0.338 e. The number of hydrogen-bond donors (Lipinski definition) is 3. The van der Waals surface area contributed by atoms with Gasteiger partial charge in [0.25, 0.3) is 5.91 Å². The largest absolute Gasteiger partial charge is 0.483 e. The molecule has 0 saturated heterocycles. The van der Waals surface area contributed by atoms with E-state index in [9.17, 15) is 9.59 Å². The van der Waals surface area contributed by atoms with Crippen LogP contribution in [0.15, 0.2) is 114 Å². The molecule has 9 nitrogen and oxygen atoms in total. The van der Waals surface area contributed by atoms with Crippen molar-refractivity contribution in [3.8, 4) is 5.75 Å². The number of hydrogen-bond acceptors (Lipinski definition) is 6. The molecular weight excluding hydrogens is 598 g/mol. The van der Waals surface area contributed by atoms with Crippen LogP contribution in [0.4, 0.5) is 0 Å². The van der Waals surface area contributed by atoms with Crippen LogP contribution in [0.5, 0.6) is 5.75 Å². The lowest BCUT2D eigenvalue weighted by molar-refractivity contribution is -0.139. The SMILES string of the molecule is CCOC(=O)C1=C(C)NC(=S)N[C@@H]1c1ccccc1OCC(=O)NN=Cc1cn(Cc2cccc3ccccc23)c2ccccc12. The Morgan fingerprint density at radius 1 is 0.978 bits per heavy atom. The molecule has 1 atom stereocenters. The fourth-order valence-electron chi connectivity index (χ4n) is 5.73. The second-order valence-corrected chi connectivity index (χ2v) is 11.2. The van der Waals surface area contributed by atoms with E-state index in [1.807, 2.05) is 42.6 Å². The van der Waals surface area contributed by atoms with E-state index in [0.717, 1.165) is 16.5 Å². The van der Waals surface area contributed by atoms with Crippen LogP contribution < -0.4 is 20.8 Å². The van der Waals surface area contributed by atoms with Crippen molar-refractivity contribution in [3.05, 3.63) is 125 Å². The van der Waals surface area contributed by atoms with Gasteiger partial charge in [-0.05, 0) is 54.5 Å². The fourth-order valence-corrected chi connectivity index (χ4v) is 6.00. The van der Waals surface area contributed by atoms with E-state index in [0.29, 0.717) is 34.2 Å². The van der Waals surface area contributed by atoms with Gasteiger partial charge in [0.1, 0.15) is 5.75 Å². The molecule has 232 valence electrons. The summed E-state index contributed by atoms with van der Waals surface area (Å²) in [5.74, 6) is -0.473. The Kier molecular flexibility index (Phi) is 9.07. The summed E-state index contributed by atoms with van der Waals surface area (Å²) < 4.78 is 13.4. The Hall–Kier alpha value is -5.48. The highest BCUT2D eigenvalue weighted by Gasteiger charge is 2.32. The Bertz CT molecular complexity index is 2010. The highest BCUT2D eigenvalue weighted by Crippen LogP contribution is 2.33. The number of benzene rings is 4. The summed E-state index contributed by atoms with van der Waals surface area (Å²) in [4.78, 5) is 25.6. The van der Waals surface area contributed by atoms with E-state index in [4.69, 9.17) is 21.7 Å². The van der Waals surface area contributed by atoms with E-state index in [2.05, 4.69) is 68.2 Å². The van der Waals surface area contributed by atoms with Crippen molar-refractivity contribution in [2.45, 2.75) is 26.4 Å². The van der Waals surface area contributed by atoms with E-state index in [-0.39, 0.29) is 13.2 Å². The molecule has 1 aliphatic rings. The van der Waals surface area contributed by atoms with Crippen molar-refractivity contribution in [3.63, 3.8) is 0 Å². The summed E-state index contributed by atoms with van der Waals surface area (Å²) in [7, 11) is 0. The van der Waals surface area contributed by atoms with Gasteiger partial charge in [-0.15, -0.1) is 0 Å². The van der Waals surface area contributed by atoms with Crippen LogP contribution in [0.25, 0.3) is 21.7 Å². The predicted octanol–water partition coefficient (Wildman–Crippen LogP) is 5.73. The number of rotatable bonds is 10. The lowest BCUT2D eigenvalue weighted by Gasteiger charge is -2.30. The van der Waals surface area contributed by atoms with Gasteiger partial charge in [-0.1, -0.05) is 78.9 Å². The summed E-state index contributed by atoms with van der Waals surface area (Å²) in [5.41, 5.74) is 7.36. The number of nitrogens with zero attached hydrogens (tertiary/aromatic N) is 2. The molecule has 1 amide bonds. The van der Waals surface area contributed by atoms with E-state index < -0.39 is 17.9 Å². The zero-order valence-electron chi connectivity index (χ0n) is 25.4. The van der Waals surface area contributed by atoms with Crippen LogP contribution in [0.1, 0.15) is 36.6 Å². The number of hydrazone groups is 1. The Morgan fingerprint density at radius 2 is 1.72 bits per heavy atom. The molecule has 4 aromatic carbocycles. The van der Waals surface area contributed by atoms with Crippen molar-refractivity contribution in [1.29, 1.82) is 0 Å². The summed E-state index contributed by atoms with van der Waals surface area (Å²) in [6.07, 6.45) is 3.69. The molecule has 0 fully saturated rings. The first kappa shape index (κ1) is 30.5. The van der Waals surface area contributed by atoms with E-state index in [1.54, 1.807) is 32.2 Å². The molecule has 5 aromatic rings. The third-order valence-corrected chi connectivity index (χ3v) is 8.01. The van der Waals surface area contributed by atoms with Crippen LogP contribution in [-0.4, -0.2) is 41.0 Å². The van der Waals surface area contributed by atoms with Crippen LogP contribution in [-0.2, 0) is 20.9 Å². The van der Waals surface area contributed by atoms with Crippen LogP contribution >= 0.6 is 12.2 Å². The third kappa shape index (κ3) is 6.47. The molecule has 0 spiro atoms. The minimum absolute atomic E-state index is 0.232. The number of carbonyl (C=O) groups excluding carboxylic acids is 2. The Balaban J connectivity index is 1.15. The fraction of sp³-hybridized carbons (Fsp3) is 0.167. The smallest absolute Gasteiger partial charge is 0.338 e. The maximum absolute atomic E-state index is 12.8. The molecule has 0 saturated carbocycles. The average molecular weight is 632 g/mol. The van der Waals surface area contributed by atoms with E-state index >= 15 is 0 Å². The van der Waals surface area contributed by atoms with Crippen molar-refractivity contribution in [2.75, 3.05) is 13.2 Å². The first-order chi connectivity index (χ1) is 22.4. The number of esters is 1. The summed E-state index contributed by atoms with van der Waals surface area (Å²) in [5, 5.41) is 14.2. The standard InChI is InChI=1S/C36H33N5O4S/c1-3-44-35(43)33-23(2)38-36(46)39-34(33)29-16-7-9-18-31(29)45-22-32(42)40-37-19-26-21-41(30-17-8-6-15-28(26)30)20-25-13-10-12-24-11-4-5-14-27(24)25/h4-19,21,34H,3,20,22H2,1-2H3,(H,40,42)(H2,38,39,46)/t34-/m1/s1. The van der Waals surface area contributed by atoms with Gasteiger partial charge in [-0.2, -0.15) is 5.10 Å². The number of fused-ring (bicyclic) bond motifs is 2. The quantitative estimate of drug-likeness (QED) is 0.0783. The normalized spacial score (nSPS) is 14.7. The highest BCUT2D eigenvalue weighted by molar-refractivity contribution is 7.80. The number of thiocarbonyl (C=S) groups is 1. The molecule has 1 aromatic heterocycles. The van der Waals surface area contributed by atoms with E-state index in [1.165, 1.54) is 16.3 Å². The number of allylic oxidation sites excluding steroid dienone is 1. The minimum Gasteiger partial charge on any atom is -0.483 e. The lowest BCUT2D eigenvalue weighted by atomic mass is 9.95. The third-order valence-electron chi connectivity index (χ3n) is 7.79. The van der Waals surface area contributed by atoms with Crippen LogP contribution in [0.3, 0.4) is 0 Å². The molecule has 6 rings (SSSR count). The molecular formula is C36H33N5O4S. The molecule has 3 N–H and O–H groups in total. The molecule has 0 radical (unpaired) electrons. The Morgan fingerprint density at radius 3 is 2.57 bits per heavy atom. The highest BCUT2D eigenvalue weighted by atomic mass is 32.1. The Labute approximate surface area is 271 Å². The zero-order chi connectivity index (χ0) is 32.0. The van der Waals surface area contributed by atoms with Gasteiger partial charge in [0.2, 0.25) is 0 Å². The monoisotopic (exact) mass is 631 g/mol. The van der Waals surface area contributed by atoms with Gasteiger partial charge in [0.05, 0.1) is 24.4 Å². The average Bonchev–Trinajstić information content (AvgIpc) is 3.40. The first-order valence-electron chi connectivity index (χ1n) is 15.0. The second-order valence-electron chi connectivity index (χ2n) is 10.8. The van der Waals surface area contributed by atoms with Gasteiger partial charge in [0.15, 0.2) is 11.7 Å². The number of aromatic nitrogens is 1. The van der Waals surface area contributed by atoms with Crippen molar-refractivity contribution in [2.24, 2.45) is 5.10 Å². The summed E-state index contributed by atoms with van der Waals surface area (Å²) in [6, 6.07) is 29.4. The number of ether oxygens (including phenoxy) is 2. The summed E-state index contributed by atoms with van der Waals surface area (Å²) >= 11 is 5.35. The summed E-state index contributed by atoms with van der Waals surface area (Å²) in [6.45, 7) is 4.15. The van der Waals surface area contributed by atoms with Gasteiger partial charge in [-0.3, -0.25) is 4.79 Å². The lowest BCUT2D eigenvalue weighted by Crippen LogP contribution is -2.45. The van der Waals surface area contributed by atoms with Gasteiger partial charge >= 0.3 is 5.97 Å². The molecule has 0 bridgehead atoms. The number of carbonyl (C=O) groups is 2. The molecule has 2 heterocycles. The number of amides is 1. The molecule has 0 unspecified atom stereocenters. The minimum atomic E-state index is -0.615. The molecule has 46 heavy (non-hydrogen) atoms. The maximum atomic E-state index is 12.8. The molecule has 10 heteroatoms. The first-order valence-corrected chi connectivity index (χ1v) is 15.4. The molecule has 0 aliphatic carbocycles. The molecule has 1 aliphatic heterocycles. The number of nitrogens with one attached hydrogen (secondary N) is 3. The second kappa shape index (κ2) is 13.7. The number of para-hydroxylation sites is 2. The predicted molar refractivity (Wildman–Crippen MR) is 184 cm³/mol. The van der Waals surface area contributed by atoms with Crippen molar-refractivity contribution in [1.82, 2.24) is 20.6 Å². The van der Waals surface area contributed by atoms with Crippen molar-refractivity contribution >= 4 is 57.1 Å². The zero-order valence-corrected chi connectivity index (χ0v) is 26.3.